The first-order valence-electron chi connectivity index (χ1n) is 5.61. The second-order valence-corrected chi connectivity index (χ2v) is 4.83. The first-order valence-corrected chi connectivity index (χ1v) is 6.45. The van der Waals surface area contributed by atoms with E-state index < -0.39 is 0 Å². The lowest BCUT2D eigenvalue weighted by Gasteiger charge is -2.28. The van der Waals surface area contributed by atoms with Crippen molar-refractivity contribution in [2.24, 2.45) is 0 Å². The molecule has 1 amide bonds. The summed E-state index contributed by atoms with van der Waals surface area (Å²) in [5, 5.41) is 14.9. The summed E-state index contributed by atoms with van der Waals surface area (Å²) < 4.78 is 3.70. The standard InChI is InChI=1S/C12H11N3O2S/c16-10-2-1-8-3-4-15(6-9(8)5-10)12(17)11-7-18-14-13-11/h1-2,5,7,16H,3-4,6H2. The molecule has 0 saturated heterocycles. The molecule has 0 bridgehead atoms. The maximum atomic E-state index is 12.1. The molecule has 3 rings (SSSR count). The Morgan fingerprint density at radius 1 is 1.39 bits per heavy atom. The van der Waals surface area contributed by atoms with Gasteiger partial charge in [-0.05, 0) is 41.2 Å². The van der Waals surface area contributed by atoms with E-state index in [1.807, 2.05) is 6.07 Å². The van der Waals surface area contributed by atoms with Crippen LogP contribution in [0.5, 0.6) is 5.75 Å². The molecule has 18 heavy (non-hydrogen) atoms. The molecule has 0 atom stereocenters. The third-order valence-electron chi connectivity index (χ3n) is 3.07. The minimum Gasteiger partial charge on any atom is -0.508 e. The summed E-state index contributed by atoms with van der Waals surface area (Å²) in [6.07, 6.45) is 0.804. The van der Waals surface area contributed by atoms with E-state index in [1.54, 1.807) is 22.4 Å². The first-order chi connectivity index (χ1) is 8.74. The Kier molecular flexibility index (Phi) is 2.71. The Morgan fingerprint density at radius 3 is 3.06 bits per heavy atom. The van der Waals surface area contributed by atoms with Crippen molar-refractivity contribution in [3.8, 4) is 5.75 Å². The number of fused-ring (bicyclic) bond motifs is 1. The molecule has 0 spiro atoms. The number of phenols is 1. The zero-order valence-electron chi connectivity index (χ0n) is 9.54. The molecule has 0 fully saturated rings. The van der Waals surface area contributed by atoms with Crippen LogP contribution in [0.1, 0.15) is 21.6 Å². The number of carbonyl (C=O) groups is 1. The smallest absolute Gasteiger partial charge is 0.275 e. The van der Waals surface area contributed by atoms with Gasteiger partial charge in [-0.2, -0.15) is 0 Å². The summed E-state index contributed by atoms with van der Waals surface area (Å²) >= 11 is 1.17. The molecule has 1 aliphatic rings. The topological polar surface area (TPSA) is 66.3 Å². The zero-order chi connectivity index (χ0) is 12.5. The van der Waals surface area contributed by atoms with Gasteiger partial charge in [0.25, 0.3) is 5.91 Å². The average Bonchev–Trinajstić information content (AvgIpc) is 2.90. The van der Waals surface area contributed by atoms with Gasteiger partial charge in [-0.25, -0.2) is 0 Å². The van der Waals surface area contributed by atoms with Crippen LogP contribution in [0.2, 0.25) is 0 Å². The number of hydrogen-bond acceptors (Lipinski definition) is 5. The number of aromatic nitrogens is 2. The SMILES string of the molecule is O=C(c1csnn1)N1CCc2ccc(O)cc2C1. The highest BCUT2D eigenvalue weighted by molar-refractivity contribution is 7.03. The fraction of sp³-hybridized carbons (Fsp3) is 0.250. The van der Waals surface area contributed by atoms with Crippen LogP contribution in [0.4, 0.5) is 0 Å². The van der Waals surface area contributed by atoms with Gasteiger partial charge in [0.05, 0.1) is 0 Å². The van der Waals surface area contributed by atoms with Gasteiger partial charge in [-0.3, -0.25) is 4.79 Å². The number of benzene rings is 1. The van der Waals surface area contributed by atoms with Gasteiger partial charge in [-0.15, -0.1) is 5.10 Å². The summed E-state index contributed by atoms with van der Waals surface area (Å²) in [5.74, 6) is 0.135. The van der Waals surface area contributed by atoms with Crippen LogP contribution < -0.4 is 0 Å². The summed E-state index contributed by atoms with van der Waals surface area (Å²) in [4.78, 5) is 13.9. The van der Waals surface area contributed by atoms with E-state index >= 15 is 0 Å². The quantitative estimate of drug-likeness (QED) is 0.843. The summed E-state index contributed by atoms with van der Waals surface area (Å²) in [5.41, 5.74) is 2.58. The maximum Gasteiger partial charge on any atom is 0.275 e. The number of phenolic OH excluding ortho intramolecular Hbond substituents is 1. The predicted molar refractivity (Wildman–Crippen MR) is 66.5 cm³/mol. The van der Waals surface area contributed by atoms with Gasteiger partial charge >= 0.3 is 0 Å². The Balaban J connectivity index is 1.84. The predicted octanol–water partition coefficient (Wildman–Crippen LogP) is 1.44. The highest BCUT2D eigenvalue weighted by Crippen LogP contribution is 2.23. The van der Waals surface area contributed by atoms with Crippen molar-refractivity contribution in [2.75, 3.05) is 6.54 Å². The van der Waals surface area contributed by atoms with Crippen LogP contribution in [-0.4, -0.2) is 32.0 Å². The third-order valence-corrected chi connectivity index (χ3v) is 3.57. The van der Waals surface area contributed by atoms with Crippen molar-refractivity contribution in [3.05, 3.63) is 40.4 Å². The molecular formula is C12H11N3O2S. The average molecular weight is 261 g/mol. The van der Waals surface area contributed by atoms with E-state index in [2.05, 4.69) is 9.59 Å². The van der Waals surface area contributed by atoms with Gasteiger partial charge in [-0.1, -0.05) is 10.6 Å². The maximum absolute atomic E-state index is 12.1. The molecule has 1 N–H and O–H groups in total. The van der Waals surface area contributed by atoms with Crippen molar-refractivity contribution in [1.82, 2.24) is 14.5 Å². The Morgan fingerprint density at radius 2 is 2.28 bits per heavy atom. The molecule has 2 heterocycles. The monoisotopic (exact) mass is 261 g/mol. The number of rotatable bonds is 1. The lowest BCUT2D eigenvalue weighted by Crippen LogP contribution is -2.36. The van der Waals surface area contributed by atoms with E-state index in [0.29, 0.717) is 18.8 Å². The Labute approximate surface area is 108 Å². The molecule has 0 saturated carbocycles. The molecule has 2 aromatic rings. The summed E-state index contributed by atoms with van der Waals surface area (Å²) in [6.45, 7) is 1.19. The van der Waals surface area contributed by atoms with E-state index in [9.17, 15) is 9.90 Å². The van der Waals surface area contributed by atoms with E-state index in [0.717, 1.165) is 12.0 Å². The second-order valence-electron chi connectivity index (χ2n) is 4.22. The molecular weight excluding hydrogens is 250 g/mol. The minimum absolute atomic E-state index is 0.0993. The number of aromatic hydroxyl groups is 1. The highest BCUT2D eigenvalue weighted by atomic mass is 32.1. The molecule has 92 valence electrons. The number of carbonyl (C=O) groups excluding carboxylic acids is 1. The normalized spacial score (nSPS) is 14.3. The van der Waals surface area contributed by atoms with Gasteiger partial charge in [0.2, 0.25) is 0 Å². The van der Waals surface area contributed by atoms with Crippen LogP contribution in [0, 0.1) is 0 Å². The van der Waals surface area contributed by atoms with Gasteiger partial charge in [0, 0.05) is 18.5 Å². The van der Waals surface area contributed by atoms with Crippen LogP contribution in [0.15, 0.2) is 23.6 Å². The molecule has 0 aliphatic carbocycles. The molecule has 5 nitrogen and oxygen atoms in total. The van der Waals surface area contributed by atoms with Gasteiger partial charge in [0.1, 0.15) is 5.75 Å². The molecule has 0 radical (unpaired) electrons. The van der Waals surface area contributed by atoms with Crippen molar-refractivity contribution in [2.45, 2.75) is 13.0 Å². The van der Waals surface area contributed by atoms with E-state index in [-0.39, 0.29) is 11.7 Å². The Hall–Kier alpha value is -1.95. The van der Waals surface area contributed by atoms with Gasteiger partial charge in [0.15, 0.2) is 5.69 Å². The first kappa shape index (κ1) is 11.2. The van der Waals surface area contributed by atoms with Crippen LogP contribution in [0.25, 0.3) is 0 Å². The Bertz CT molecular complexity index is 583. The minimum atomic E-state index is -0.0993. The molecule has 1 aromatic heterocycles. The van der Waals surface area contributed by atoms with Gasteiger partial charge < -0.3 is 10.0 Å². The van der Waals surface area contributed by atoms with E-state index in [4.69, 9.17) is 0 Å². The van der Waals surface area contributed by atoms with Crippen molar-refractivity contribution in [3.63, 3.8) is 0 Å². The fourth-order valence-corrected chi connectivity index (χ4v) is 2.57. The molecule has 6 heteroatoms. The van der Waals surface area contributed by atoms with E-state index in [1.165, 1.54) is 17.1 Å². The lowest BCUT2D eigenvalue weighted by atomic mass is 9.99. The summed E-state index contributed by atoms with van der Waals surface area (Å²) in [6, 6.07) is 5.31. The molecule has 1 aromatic carbocycles. The second kappa shape index (κ2) is 4.38. The lowest BCUT2D eigenvalue weighted by molar-refractivity contribution is 0.0728. The van der Waals surface area contributed by atoms with Crippen LogP contribution >= 0.6 is 11.5 Å². The largest absolute Gasteiger partial charge is 0.508 e. The number of amides is 1. The van der Waals surface area contributed by atoms with Crippen LogP contribution in [0.3, 0.4) is 0 Å². The molecule has 1 aliphatic heterocycles. The molecule has 0 unspecified atom stereocenters. The number of nitrogens with zero attached hydrogens (tertiary/aromatic N) is 3. The van der Waals surface area contributed by atoms with Crippen molar-refractivity contribution < 1.29 is 9.90 Å². The zero-order valence-corrected chi connectivity index (χ0v) is 10.4. The highest BCUT2D eigenvalue weighted by Gasteiger charge is 2.23. The fourth-order valence-electron chi connectivity index (χ4n) is 2.14. The summed E-state index contributed by atoms with van der Waals surface area (Å²) in [7, 11) is 0. The van der Waals surface area contributed by atoms with Crippen molar-refractivity contribution >= 4 is 17.4 Å². The third kappa shape index (κ3) is 1.95. The number of hydrogen-bond donors (Lipinski definition) is 1. The van der Waals surface area contributed by atoms with Crippen molar-refractivity contribution in [1.29, 1.82) is 0 Å². The van der Waals surface area contributed by atoms with Crippen LogP contribution in [-0.2, 0) is 13.0 Å².